The van der Waals surface area contributed by atoms with Gasteiger partial charge in [0.05, 0.1) is 5.69 Å². The molecule has 8 heteroatoms. The molecule has 0 radical (unpaired) electrons. The highest BCUT2D eigenvalue weighted by molar-refractivity contribution is 7.94. The van der Waals surface area contributed by atoms with Crippen molar-refractivity contribution in [3.05, 3.63) is 27.6 Å². The molecule has 0 saturated carbocycles. The summed E-state index contributed by atoms with van der Waals surface area (Å²) in [6, 6.07) is 3.28. The summed E-state index contributed by atoms with van der Waals surface area (Å²) in [6.07, 6.45) is 1.25. The molecule has 2 heterocycles. The van der Waals surface area contributed by atoms with E-state index in [1.807, 2.05) is 13.8 Å². The number of aryl methyl sites for hydroxylation is 2. The average molecular weight is 332 g/mol. The molecule has 0 aromatic carbocycles. The molecule has 0 saturated heterocycles. The van der Waals surface area contributed by atoms with E-state index in [4.69, 9.17) is 5.11 Å². The van der Waals surface area contributed by atoms with E-state index in [1.165, 1.54) is 22.7 Å². The molecule has 2 rings (SSSR count). The van der Waals surface area contributed by atoms with Crippen LogP contribution in [0.15, 0.2) is 16.3 Å². The molecule has 0 aliphatic heterocycles. The van der Waals surface area contributed by atoms with E-state index in [0.717, 1.165) is 21.9 Å². The molecule has 0 unspecified atom stereocenters. The highest BCUT2D eigenvalue weighted by Gasteiger charge is 2.19. The van der Waals surface area contributed by atoms with Crippen molar-refractivity contribution in [1.82, 2.24) is 4.98 Å². The first-order chi connectivity index (χ1) is 9.46. The molecule has 0 aliphatic rings. The number of aromatic nitrogens is 1. The molecule has 2 aromatic heterocycles. The zero-order valence-corrected chi connectivity index (χ0v) is 13.7. The van der Waals surface area contributed by atoms with Crippen molar-refractivity contribution in [2.24, 2.45) is 0 Å². The van der Waals surface area contributed by atoms with E-state index in [0.29, 0.717) is 11.6 Å². The molecule has 5 nitrogen and oxygen atoms in total. The first-order valence-electron chi connectivity index (χ1n) is 6.15. The van der Waals surface area contributed by atoms with Crippen molar-refractivity contribution >= 4 is 37.8 Å². The van der Waals surface area contributed by atoms with Crippen LogP contribution in [0.1, 0.15) is 22.4 Å². The Labute approximate surface area is 126 Å². The van der Waals surface area contributed by atoms with E-state index in [2.05, 4.69) is 9.71 Å². The number of anilines is 1. The van der Waals surface area contributed by atoms with Crippen LogP contribution in [-0.4, -0.2) is 25.1 Å². The first-order valence-corrected chi connectivity index (χ1v) is 9.26. The minimum atomic E-state index is -3.59. The SMILES string of the molecule is CCc1nc(NS(=O)(=O)c2ccc(CCO)s2)sc1C. The summed E-state index contributed by atoms with van der Waals surface area (Å²) < 4.78 is 27.2. The van der Waals surface area contributed by atoms with Gasteiger partial charge >= 0.3 is 0 Å². The van der Waals surface area contributed by atoms with Crippen molar-refractivity contribution < 1.29 is 13.5 Å². The lowest BCUT2D eigenvalue weighted by Gasteiger charge is -2.01. The molecule has 0 fully saturated rings. The van der Waals surface area contributed by atoms with Gasteiger partial charge in [0.25, 0.3) is 10.0 Å². The normalized spacial score (nSPS) is 11.8. The molecular formula is C12H16N2O3S3. The Morgan fingerprint density at radius 3 is 2.70 bits per heavy atom. The molecule has 0 atom stereocenters. The van der Waals surface area contributed by atoms with Gasteiger partial charge in [-0.15, -0.1) is 22.7 Å². The first kappa shape index (κ1) is 15.4. The predicted octanol–water partition coefficient (Wildman–Crippen LogP) is 2.41. The number of aliphatic hydroxyl groups excluding tert-OH is 1. The number of hydrogen-bond donors (Lipinski definition) is 2. The molecule has 2 aromatic rings. The van der Waals surface area contributed by atoms with E-state index in [1.54, 1.807) is 12.1 Å². The molecule has 2 N–H and O–H groups in total. The van der Waals surface area contributed by atoms with E-state index >= 15 is 0 Å². The molecule has 0 amide bonds. The third kappa shape index (κ3) is 3.38. The van der Waals surface area contributed by atoms with Crippen LogP contribution in [0.3, 0.4) is 0 Å². The maximum Gasteiger partial charge on any atom is 0.273 e. The largest absolute Gasteiger partial charge is 0.396 e. The Kier molecular flexibility index (Phi) is 4.79. The Morgan fingerprint density at radius 1 is 1.35 bits per heavy atom. The van der Waals surface area contributed by atoms with Crippen LogP contribution >= 0.6 is 22.7 Å². The van der Waals surface area contributed by atoms with Crippen molar-refractivity contribution in [3.63, 3.8) is 0 Å². The lowest BCUT2D eigenvalue weighted by molar-refractivity contribution is 0.300. The van der Waals surface area contributed by atoms with Gasteiger partial charge in [-0.05, 0) is 25.5 Å². The predicted molar refractivity (Wildman–Crippen MR) is 82.1 cm³/mol. The van der Waals surface area contributed by atoms with Gasteiger partial charge < -0.3 is 5.11 Å². The van der Waals surface area contributed by atoms with E-state index < -0.39 is 10.0 Å². The second-order valence-corrected chi connectivity index (χ2v) is 8.46. The smallest absolute Gasteiger partial charge is 0.273 e. The molecular weight excluding hydrogens is 316 g/mol. The number of nitrogens with zero attached hydrogens (tertiary/aromatic N) is 1. The lowest BCUT2D eigenvalue weighted by Crippen LogP contribution is -2.11. The summed E-state index contributed by atoms with van der Waals surface area (Å²) in [5, 5.41) is 9.26. The average Bonchev–Trinajstić information content (AvgIpc) is 2.96. The molecule has 0 aliphatic carbocycles. The zero-order valence-electron chi connectivity index (χ0n) is 11.2. The number of thiazole rings is 1. The number of rotatable bonds is 6. The highest BCUT2D eigenvalue weighted by atomic mass is 32.2. The van der Waals surface area contributed by atoms with Crippen molar-refractivity contribution in [2.75, 3.05) is 11.3 Å². The summed E-state index contributed by atoms with van der Waals surface area (Å²) in [5.74, 6) is 0. The summed E-state index contributed by atoms with van der Waals surface area (Å²) in [5.41, 5.74) is 0.917. The number of nitrogens with one attached hydrogen (secondary N) is 1. The van der Waals surface area contributed by atoms with Gasteiger partial charge in [0.15, 0.2) is 5.13 Å². The maximum atomic E-state index is 12.2. The minimum absolute atomic E-state index is 0.0129. The Hall–Kier alpha value is -0.960. The Balaban J connectivity index is 2.21. The second kappa shape index (κ2) is 6.21. The van der Waals surface area contributed by atoms with Crippen LogP contribution in [0.4, 0.5) is 5.13 Å². The van der Waals surface area contributed by atoms with Crippen LogP contribution in [0.2, 0.25) is 0 Å². The number of thiophene rings is 1. The van der Waals surface area contributed by atoms with Gasteiger partial charge in [-0.25, -0.2) is 13.4 Å². The number of aliphatic hydroxyl groups is 1. The Bertz CT molecular complexity index is 689. The molecule has 0 bridgehead atoms. The quantitative estimate of drug-likeness (QED) is 0.851. The fraction of sp³-hybridized carbons (Fsp3) is 0.417. The molecule has 0 spiro atoms. The van der Waals surface area contributed by atoms with Crippen LogP contribution in [0, 0.1) is 6.92 Å². The van der Waals surface area contributed by atoms with Gasteiger partial charge in [-0.2, -0.15) is 0 Å². The van der Waals surface area contributed by atoms with Gasteiger partial charge in [0.2, 0.25) is 0 Å². The van der Waals surface area contributed by atoms with Crippen LogP contribution < -0.4 is 4.72 Å². The number of sulfonamides is 1. The van der Waals surface area contributed by atoms with Gasteiger partial charge in [-0.1, -0.05) is 6.92 Å². The third-order valence-corrected chi connectivity index (χ3v) is 6.74. The topological polar surface area (TPSA) is 79.3 Å². The van der Waals surface area contributed by atoms with Crippen molar-refractivity contribution in [3.8, 4) is 0 Å². The molecule has 20 heavy (non-hydrogen) atoms. The second-order valence-electron chi connectivity index (χ2n) is 4.18. The lowest BCUT2D eigenvalue weighted by atomic mass is 10.3. The van der Waals surface area contributed by atoms with Gasteiger partial charge in [-0.3, -0.25) is 4.72 Å². The Morgan fingerprint density at radius 2 is 2.10 bits per heavy atom. The summed E-state index contributed by atoms with van der Waals surface area (Å²) in [7, 11) is -3.59. The van der Waals surface area contributed by atoms with Crippen molar-refractivity contribution in [2.45, 2.75) is 30.9 Å². The maximum absolute atomic E-state index is 12.2. The monoisotopic (exact) mass is 332 g/mol. The fourth-order valence-electron chi connectivity index (χ4n) is 1.71. The third-order valence-electron chi connectivity index (χ3n) is 2.71. The molecule has 110 valence electrons. The van der Waals surface area contributed by atoms with E-state index in [-0.39, 0.29) is 10.8 Å². The standard InChI is InChI=1S/C12H16N2O3S3/c1-3-10-8(2)18-12(13-10)14-20(16,17)11-5-4-9(19-11)6-7-15/h4-5,15H,3,6-7H2,1-2H3,(H,13,14). The van der Waals surface area contributed by atoms with Gasteiger partial charge in [0, 0.05) is 22.8 Å². The van der Waals surface area contributed by atoms with Crippen LogP contribution in [0.5, 0.6) is 0 Å². The number of hydrogen-bond acceptors (Lipinski definition) is 6. The van der Waals surface area contributed by atoms with Crippen molar-refractivity contribution in [1.29, 1.82) is 0 Å². The van der Waals surface area contributed by atoms with Crippen LogP contribution in [0.25, 0.3) is 0 Å². The van der Waals surface area contributed by atoms with Crippen LogP contribution in [-0.2, 0) is 22.9 Å². The summed E-state index contributed by atoms with van der Waals surface area (Å²) in [4.78, 5) is 6.15. The zero-order chi connectivity index (χ0) is 14.8. The fourth-order valence-corrected chi connectivity index (χ4v) is 5.19. The highest BCUT2D eigenvalue weighted by Crippen LogP contribution is 2.27. The van der Waals surface area contributed by atoms with E-state index in [9.17, 15) is 8.42 Å². The van der Waals surface area contributed by atoms with Gasteiger partial charge in [0.1, 0.15) is 4.21 Å². The summed E-state index contributed by atoms with van der Waals surface area (Å²) in [6.45, 7) is 3.93. The minimum Gasteiger partial charge on any atom is -0.396 e. The summed E-state index contributed by atoms with van der Waals surface area (Å²) >= 11 is 2.51.